The maximum Gasteiger partial charge on any atom is 0.122 e. The number of hydrogen-bond acceptors (Lipinski definition) is 5. The lowest BCUT2D eigenvalue weighted by atomic mass is 10.1. The van der Waals surface area contributed by atoms with Crippen molar-refractivity contribution in [1.29, 1.82) is 0 Å². The number of ether oxygens (including phenoxy) is 2. The summed E-state index contributed by atoms with van der Waals surface area (Å²) >= 11 is 1.62. The van der Waals surface area contributed by atoms with E-state index in [1.54, 1.807) is 25.6 Å². The van der Waals surface area contributed by atoms with E-state index in [1.165, 1.54) is 0 Å². The molecule has 18 heavy (non-hydrogen) atoms. The zero-order valence-corrected chi connectivity index (χ0v) is 11.5. The molecule has 1 aromatic heterocycles. The van der Waals surface area contributed by atoms with Gasteiger partial charge in [0.1, 0.15) is 11.5 Å². The highest BCUT2D eigenvalue weighted by Crippen LogP contribution is 2.31. The molecule has 0 amide bonds. The summed E-state index contributed by atoms with van der Waals surface area (Å²) in [7, 11) is 5.23. The number of methoxy groups -OCH3 is 2. The van der Waals surface area contributed by atoms with E-state index >= 15 is 0 Å². The Labute approximate surface area is 111 Å². The third-order valence-electron chi connectivity index (χ3n) is 2.73. The molecule has 1 atom stereocenters. The van der Waals surface area contributed by atoms with Gasteiger partial charge in [-0.05, 0) is 24.7 Å². The van der Waals surface area contributed by atoms with Gasteiger partial charge in [0.2, 0.25) is 0 Å². The second kappa shape index (κ2) is 5.84. The molecule has 0 spiro atoms. The average Bonchev–Trinajstić information content (AvgIpc) is 2.93. The van der Waals surface area contributed by atoms with Gasteiger partial charge in [-0.25, -0.2) is 0 Å². The molecular formula is C13H16N2O2S. The van der Waals surface area contributed by atoms with Crippen LogP contribution in [0, 0.1) is 0 Å². The van der Waals surface area contributed by atoms with Crippen LogP contribution < -0.4 is 14.8 Å². The minimum Gasteiger partial charge on any atom is -0.497 e. The standard InChI is InChI=1S/C13H16N2O2S/c1-14-13(12-7-15-8-18-12)9-4-10(16-2)6-11(5-9)17-3/h4-8,13-14H,1-3H3. The van der Waals surface area contributed by atoms with Crippen molar-refractivity contribution >= 4 is 11.3 Å². The molecule has 5 heteroatoms. The summed E-state index contributed by atoms with van der Waals surface area (Å²) in [5, 5.41) is 3.28. The number of benzene rings is 1. The fourth-order valence-corrected chi connectivity index (χ4v) is 2.59. The summed E-state index contributed by atoms with van der Waals surface area (Å²) < 4.78 is 10.6. The molecule has 0 bridgehead atoms. The minimum absolute atomic E-state index is 0.0986. The van der Waals surface area contributed by atoms with Crippen molar-refractivity contribution in [3.63, 3.8) is 0 Å². The maximum absolute atomic E-state index is 5.29. The van der Waals surface area contributed by atoms with E-state index < -0.39 is 0 Å². The first-order valence-electron chi connectivity index (χ1n) is 5.57. The molecule has 2 rings (SSSR count). The largest absolute Gasteiger partial charge is 0.497 e. The highest BCUT2D eigenvalue weighted by Gasteiger charge is 2.15. The normalized spacial score (nSPS) is 12.2. The molecule has 0 aliphatic heterocycles. The van der Waals surface area contributed by atoms with Crippen LogP contribution >= 0.6 is 11.3 Å². The SMILES string of the molecule is CNC(c1cc(OC)cc(OC)c1)c1cncs1. The molecule has 0 fully saturated rings. The molecule has 1 heterocycles. The van der Waals surface area contributed by atoms with Crippen LogP contribution in [0.2, 0.25) is 0 Å². The lowest BCUT2D eigenvalue weighted by molar-refractivity contribution is 0.392. The van der Waals surface area contributed by atoms with Crippen LogP contribution in [0.4, 0.5) is 0 Å². The number of nitrogens with zero attached hydrogens (tertiary/aromatic N) is 1. The number of nitrogens with one attached hydrogen (secondary N) is 1. The zero-order chi connectivity index (χ0) is 13.0. The van der Waals surface area contributed by atoms with E-state index in [0.29, 0.717) is 0 Å². The van der Waals surface area contributed by atoms with E-state index in [9.17, 15) is 0 Å². The zero-order valence-electron chi connectivity index (χ0n) is 10.6. The summed E-state index contributed by atoms with van der Waals surface area (Å²) in [5.41, 5.74) is 2.93. The molecule has 0 saturated heterocycles. The first kappa shape index (κ1) is 12.9. The predicted octanol–water partition coefficient (Wildman–Crippen LogP) is 2.47. The Hall–Kier alpha value is -1.59. The van der Waals surface area contributed by atoms with Crippen LogP contribution in [0.15, 0.2) is 29.9 Å². The highest BCUT2D eigenvalue weighted by molar-refractivity contribution is 7.09. The molecule has 1 unspecified atom stereocenters. The van der Waals surface area contributed by atoms with Gasteiger partial charge in [0.25, 0.3) is 0 Å². The molecule has 96 valence electrons. The third-order valence-corrected chi connectivity index (χ3v) is 3.57. The smallest absolute Gasteiger partial charge is 0.122 e. The van der Waals surface area contributed by atoms with Gasteiger partial charge >= 0.3 is 0 Å². The van der Waals surface area contributed by atoms with Gasteiger partial charge in [0.15, 0.2) is 0 Å². The Morgan fingerprint density at radius 2 is 1.83 bits per heavy atom. The van der Waals surface area contributed by atoms with Gasteiger partial charge in [-0.2, -0.15) is 0 Å². The molecule has 4 nitrogen and oxygen atoms in total. The summed E-state index contributed by atoms with van der Waals surface area (Å²) in [4.78, 5) is 5.28. The number of rotatable bonds is 5. The number of thiazole rings is 1. The van der Waals surface area contributed by atoms with Crippen LogP contribution in [0.25, 0.3) is 0 Å². The van der Waals surface area contributed by atoms with Gasteiger partial charge in [-0.3, -0.25) is 4.98 Å². The van der Waals surface area contributed by atoms with E-state index in [1.807, 2.05) is 37.0 Å². The Morgan fingerprint density at radius 1 is 1.17 bits per heavy atom. The van der Waals surface area contributed by atoms with Gasteiger partial charge in [-0.1, -0.05) is 0 Å². The molecule has 1 N–H and O–H groups in total. The van der Waals surface area contributed by atoms with Crippen LogP contribution in [0.1, 0.15) is 16.5 Å². The second-order valence-electron chi connectivity index (χ2n) is 3.77. The molecule has 0 saturated carbocycles. The molecular weight excluding hydrogens is 248 g/mol. The van der Waals surface area contributed by atoms with Gasteiger partial charge in [-0.15, -0.1) is 11.3 Å². The van der Waals surface area contributed by atoms with Crippen molar-refractivity contribution in [2.24, 2.45) is 0 Å². The molecule has 2 aromatic rings. The van der Waals surface area contributed by atoms with Crippen molar-refractivity contribution < 1.29 is 9.47 Å². The molecule has 0 radical (unpaired) electrons. The van der Waals surface area contributed by atoms with Crippen LogP contribution in [-0.4, -0.2) is 26.3 Å². The van der Waals surface area contributed by atoms with E-state index in [4.69, 9.17) is 9.47 Å². The van der Waals surface area contributed by atoms with Crippen molar-refractivity contribution in [1.82, 2.24) is 10.3 Å². The van der Waals surface area contributed by atoms with Crippen molar-refractivity contribution in [2.45, 2.75) is 6.04 Å². The fourth-order valence-electron chi connectivity index (χ4n) is 1.84. The lowest BCUT2D eigenvalue weighted by Gasteiger charge is -2.16. The van der Waals surface area contributed by atoms with Crippen molar-refractivity contribution in [2.75, 3.05) is 21.3 Å². The van der Waals surface area contributed by atoms with Gasteiger partial charge in [0.05, 0.1) is 25.8 Å². The Morgan fingerprint density at radius 3 is 2.28 bits per heavy atom. The second-order valence-corrected chi connectivity index (χ2v) is 4.69. The maximum atomic E-state index is 5.29. The monoisotopic (exact) mass is 264 g/mol. The van der Waals surface area contributed by atoms with Crippen molar-refractivity contribution in [3.05, 3.63) is 40.3 Å². The highest BCUT2D eigenvalue weighted by atomic mass is 32.1. The Bertz CT molecular complexity index is 477. The van der Waals surface area contributed by atoms with Crippen LogP contribution in [-0.2, 0) is 0 Å². The van der Waals surface area contributed by atoms with E-state index in [-0.39, 0.29) is 6.04 Å². The first-order chi connectivity index (χ1) is 8.78. The lowest BCUT2D eigenvalue weighted by Crippen LogP contribution is -2.16. The summed E-state index contributed by atoms with van der Waals surface area (Å²) in [6, 6.07) is 5.97. The summed E-state index contributed by atoms with van der Waals surface area (Å²) in [5.74, 6) is 1.57. The fraction of sp³-hybridized carbons (Fsp3) is 0.308. The quantitative estimate of drug-likeness (QED) is 0.901. The first-order valence-corrected chi connectivity index (χ1v) is 6.45. The summed E-state index contributed by atoms with van der Waals surface area (Å²) in [6.07, 6.45) is 1.87. The van der Waals surface area contributed by atoms with E-state index in [2.05, 4.69) is 10.3 Å². The third kappa shape index (κ3) is 2.63. The Balaban J connectivity index is 2.41. The molecule has 0 aliphatic rings. The molecule has 1 aromatic carbocycles. The predicted molar refractivity (Wildman–Crippen MR) is 72.6 cm³/mol. The van der Waals surface area contributed by atoms with Gasteiger partial charge < -0.3 is 14.8 Å². The summed E-state index contributed by atoms with van der Waals surface area (Å²) in [6.45, 7) is 0. The molecule has 0 aliphatic carbocycles. The van der Waals surface area contributed by atoms with Crippen molar-refractivity contribution in [3.8, 4) is 11.5 Å². The topological polar surface area (TPSA) is 43.4 Å². The number of hydrogen-bond donors (Lipinski definition) is 1. The van der Waals surface area contributed by atoms with Gasteiger partial charge in [0, 0.05) is 17.1 Å². The van der Waals surface area contributed by atoms with E-state index in [0.717, 1.165) is 21.9 Å². The minimum atomic E-state index is 0.0986. The van der Waals surface area contributed by atoms with Crippen LogP contribution in [0.3, 0.4) is 0 Å². The number of aromatic nitrogens is 1. The Kier molecular flexibility index (Phi) is 4.17. The van der Waals surface area contributed by atoms with Crippen LogP contribution in [0.5, 0.6) is 11.5 Å². The average molecular weight is 264 g/mol.